The van der Waals surface area contributed by atoms with Crippen LogP contribution in [0.2, 0.25) is 0 Å². The normalized spacial score (nSPS) is 31.1. The molecule has 24 heavy (non-hydrogen) atoms. The van der Waals surface area contributed by atoms with Gasteiger partial charge in [-0.25, -0.2) is 8.78 Å². The van der Waals surface area contributed by atoms with Crippen LogP contribution >= 0.6 is 0 Å². The molecule has 1 aromatic carbocycles. The molecule has 3 atom stereocenters. The van der Waals surface area contributed by atoms with Gasteiger partial charge in [-0.3, -0.25) is 4.90 Å². The molecule has 2 nitrogen and oxygen atoms in total. The highest BCUT2D eigenvalue weighted by Crippen LogP contribution is 2.39. The van der Waals surface area contributed by atoms with Gasteiger partial charge in [-0.2, -0.15) is 0 Å². The summed E-state index contributed by atoms with van der Waals surface area (Å²) in [6.45, 7) is 6.15. The van der Waals surface area contributed by atoms with Crippen LogP contribution in [-0.4, -0.2) is 29.1 Å². The van der Waals surface area contributed by atoms with Crippen molar-refractivity contribution in [1.82, 2.24) is 4.90 Å². The minimum Gasteiger partial charge on any atom is -0.385 e. The highest BCUT2D eigenvalue weighted by atomic mass is 19.1. The summed E-state index contributed by atoms with van der Waals surface area (Å²) < 4.78 is 27.2. The van der Waals surface area contributed by atoms with Crippen LogP contribution in [0.1, 0.15) is 57.9 Å². The molecular formula is C20H29F2NO. The summed E-state index contributed by atoms with van der Waals surface area (Å²) in [7, 11) is 0. The van der Waals surface area contributed by atoms with Crippen molar-refractivity contribution in [3.05, 3.63) is 35.4 Å². The number of halogens is 2. The Kier molecular flexibility index (Phi) is 5.26. The van der Waals surface area contributed by atoms with E-state index in [9.17, 15) is 13.9 Å². The van der Waals surface area contributed by atoms with Crippen molar-refractivity contribution < 1.29 is 13.9 Å². The van der Waals surface area contributed by atoms with E-state index < -0.39 is 17.2 Å². The molecule has 1 saturated heterocycles. The predicted octanol–water partition coefficient (Wildman–Crippen LogP) is 4.46. The summed E-state index contributed by atoms with van der Waals surface area (Å²) in [4.78, 5) is 2.49. The van der Waals surface area contributed by atoms with Crippen molar-refractivity contribution in [3.63, 3.8) is 0 Å². The molecule has 1 aliphatic heterocycles. The molecule has 0 bridgehead atoms. The quantitative estimate of drug-likeness (QED) is 0.880. The second-order valence-corrected chi connectivity index (χ2v) is 7.82. The fourth-order valence-corrected chi connectivity index (χ4v) is 4.62. The molecule has 1 saturated carbocycles. The van der Waals surface area contributed by atoms with Crippen LogP contribution in [0.3, 0.4) is 0 Å². The molecule has 1 aliphatic carbocycles. The molecule has 1 N–H and O–H groups in total. The van der Waals surface area contributed by atoms with Crippen LogP contribution in [0.25, 0.3) is 0 Å². The van der Waals surface area contributed by atoms with Crippen molar-refractivity contribution in [2.75, 3.05) is 13.1 Å². The van der Waals surface area contributed by atoms with Gasteiger partial charge in [0.2, 0.25) is 0 Å². The minimum absolute atomic E-state index is 0.242. The van der Waals surface area contributed by atoms with Gasteiger partial charge in [0.25, 0.3) is 0 Å². The molecule has 2 aliphatic rings. The van der Waals surface area contributed by atoms with E-state index in [-0.39, 0.29) is 5.56 Å². The van der Waals surface area contributed by atoms with Crippen LogP contribution in [0.5, 0.6) is 0 Å². The Morgan fingerprint density at radius 3 is 2.54 bits per heavy atom. The summed E-state index contributed by atoms with van der Waals surface area (Å²) in [5, 5.41) is 10.9. The lowest BCUT2D eigenvalue weighted by Crippen LogP contribution is -2.50. The monoisotopic (exact) mass is 337 g/mol. The molecule has 134 valence electrons. The van der Waals surface area contributed by atoms with Crippen LogP contribution in [0.4, 0.5) is 8.78 Å². The molecule has 0 aromatic heterocycles. The van der Waals surface area contributed by atoms with Gasteiger partial charge >= 0.3 is 0 Å². The molecule has 0 spiro atoms. The maximum Gasteiger partial charge on any atom is 0.132 e. The molecule has 2 fully saturated rings. The minimum atomic E-state index is -1.17. The molecular weight excluding hydrogens is 308 g/mol. The van der Waals surface area contributed by atoms with E-state index in [1.165, 1.54) is 37.8 Å². The van der Waals surface area contributed by atoms with Crippen LogP contribution < -0.4 is 0 Å². The zero-order valence-corrected chi connectivity index (χ0v) is 14.8. The molecule has 0 radical (unpaired) electrons. The van der Waals surface area contributed by atoms with Gasteiger partial charge in [-0.15, -0.1) is 0 Å². The second-order valence-electron chi connectivity index (χ2n) is 7.82. The Morgan fingerprint density at radius 2 is 1.92 bits per heavy atom. The number of piperidine rings is 1. The number of nitrogens with zero attached hydrogens (tertiary/aromatic N) is 1. The average Bonchev–Trinajstić information content (AvgIpc) is 2.56. The Labute approximate surface area is 143 Å². The standard InChI is InChI=1S/C20H29F2NO/c1-3-15-5-4-14(2)19(12-15)23-10-8-20(24,9-11-23)17-7-6-16(21)13-18(17)22/h6-7,13-15,19,24H,3-5,8-12H2,1-2H3/t14-,15-,19?/m1/s1. The largest absolute Gasteiger partial charge is 0.385 e. The summed E-state index contributed by atoms with van der Waals surface area (Å²) in [6, 6.07) is 4.08. The Morgan fingerprint density at radius 1 is 1.21 bits per heavy atom. The Bertz CT molecular complexity index is 569. The zero-order chi connectivity index (χ0) is 17.3. The molecule has 0 amide bonds. The smallest absolute Gasteiger partial charge is 0.132 e. The number of likely N-dealkylation sites (tertiary alicyclic amines) is 1. The lowest BCUT2D eigenvalue weighted by atomic mass is 9.76. The maximum atomic E-state index is 14.1. The first-order valence-corrected chi connectivity index (χ1v) is 9.35. The van der Waals surface area contributed by atoms with E-state index in [0.717, 1.165) is 25.1 Å². The number of benzene rings is 1. The fourth-order valence-electron chi connectivity index (χ4n) is 4.62. The van der Waals surface area contributed by atoms with Crippen molar-refractivity contribution >= 4 is 0 Å². The van der Waals surface area contributed by atoms with Crippen LogP contribution in [0, 0.1) is 23.5 Å². The first-order valence-electron chi connectivity index (χ1n) is 9.35. The topological polar surface area (TPSA) is 23.5 Å². The lowest BCUT2D eigenvalue weighted by molar-refractivity contribution is -0.0509. The Hall–Kier alpha value is -1.00. The van der Waals surface area contributed by atoms with Gasteiger partial charge in [0.15, 0.2) is 0 Å². The average molecular weight is 337 g/mol. The third kappa shape index (κ3) is 3.50. The molecule has 4 heteroatoms. The van der Waals surface area contributed by atoms with Gasteiger partial charge in [0, 0.05) is 30.8 Å². The molecule has 1 aromatic rings. The summed E-state index contributed by atoms with van der Waals surface area (Å²) >= 11 is 0. The summed E-state index contributed by atoms with van der Waals surface area (Å²) in [5.74, 6) is 0.255. The lowest BCUT2D eigenvalue weighted by Gasteiger charge is -2.46. The van der Waals surface area contributed by atoms with Crippen molar-refractivity contribution in [2.24, 2.45) is 11.8 Å². The zero-order valence-electron chi connectivity index (χ0n) is 14.8. The van der Waals surface area contributed by atoms with Gasteiger partial charge < -0.3 is 5.11 Å². The number of aliphatic hydroxyl groups is 1. The summed E-state index contributed by atoms with van der Waals surface area (Å²) in [6.07, 6.45) is 6.09. The van der Waals surface area contributed by atoms with E-state index >= 15 is 0 Å². The van der Waals surface area contributed by atoms with E-state index in [0.29, 0.717) is 24.8 Å². The van der Waals surface area contributed by atoms with Crippen LogP contribution in [0.15, 0.2) is 18.2 Å². The van der Waals surface area contributed by atoms with Gasteiger partial charge in [0.05, 0.1) is 5.60 Å². The van der Waals surface area contributed by atoms with Crippen LogP contribution in [-0.2, 0) is 5.60 Å². The van der Waals surface area contributed by atoms with Gasteiger partial charge in [-0.05, 0) is 43.6 Å². The highest BCUT2D eigenvalue weighted by molar-refractivity contribution is 5.26. The third-order valence-corrected chi connectivity index (χ3v) is 6.37. The Balaban J connectivity index is 1.68. The van der Waals surface area contributed by atoms with Gasteiger partial charge in [-0.1, -0.05) is 32.8 Å². The highest BCUT2D eigenvalue weighted by Gasteiger charge is 2.40. The molecule has 1 heterocycles. The summed E-state index contributed by atoms with van der Waals surface area (Å²) in [5.41, 5.74) is -0.928. The van der Waals surface area contributed by atoms with Crippen molar-refractivity contribution in [2.45, 2.75) is 64.0 Å². The van der Waals surface area contributed by atoms with Gasteiger partial charge in [0.1, 0.15) is 11.6 Å². The number of hydrogen-bond acceptors (Lipinski definition) is 2. The first kappa shape index (κ1) is 17.8. The van der Waals surface area contributed by atoms with Crippen molar-refractivity contribution in [3.8, 4) is 0 Å². The second kappa shape index (κ2) is 7.09. The SMILES string of the molecule is CC[C@@H]1CC[C@@H](C)C(N2CCC(O)(c3ccc(F)cc3F)CC2)C1. The fraction of sp³-hybridized carbons (Fsp3) is 0.700. The van der Waals surface area contributed by atoms with E-state index in [1.54, 1.807) is 0 Å². The van der Waals surface area contributed by atoms with Crippen molar-refractivity contribution in [1.29, 1.82) is 0 Å². The number of rotatable bonds is 3. The molecule has 3 rings (SSSR count). The third-order valence-electron chi connectivity index (χ3n) is 6.37. The van der Waals surface area contributed by atoms with E-state index in [2.05, 4.69) is 18.7 Å². The first-order chi connectivity index (χ1) is 11.4. The van der Waals surface area contributed by atoms with E-state index in [4.69, 9.17) is 0 Å². The predicted molar refractivity (Wildman–Crippen MR) is 91.6 cm³/mol. The number of hydrogen-bond donors (Lipinski definition) is 1. The molecule has 1 unspecified atom stereocenters. The van der Waals surface area contributed by atoms with E-state index in [1.807, 2.05) is 0 Å². The maximum absolute atomic E-state index is 14.1.